The third kappa shape index (κ3) is 3.12. The number of anilines is 1. The standard InChI is InChI=1S/C8H5BrF3NO2/c9-6-2-5(13)1-4(3-14)7(6)15-8(10,11)12/h1-3H,13H2. The van der Waals surface area contributed by atoms with Crippen molar-refractivity contribution in [1.29, 1.82) is 0 Å². The van der Waals surface area contributed by atoms with Crippen LogP contribution in [-0.2, 0) is 0 Å². The van der Waals surface area contributed by atoms with Crippen molar-refractivity contribution < 1.29 is 22.7 Å². The van der Waals surface area contributed by atoms with E-state index >= 15 is 0 Å². The van der Waals surface area contributed by atoms with Gasteiger partial charge in [-0.25, -0.2) is 0 Å². The molecule has 0 aliphatic heterocycles. The molecule has 0 spiro atoms. The average molecular weight is 284 g/mol. The van der Waals surface area contributed by atoms with Gasteiger partial charge in [-0.3, -0.25) is 4.79 Å². The fraction of sp³-hybridized carbons (Fsp3) is 0.125. The van der Waals surface area contributed by atoms with Crippen LogP contribution in [0.4, 0.5) is 18.9 Å². The number of nitrogen functional groups attached to an aromatic ring is 1. The predicted molar refractivity (Wildman–Crippen MR) is 50.6 cm³/mol. The molecule has 0 fully saturated rings. The van der Waals surface area contributed by atoms with Crippen molar-refractivity contribution in [2.75, 3.05) is 5.73 Å². The van der Waals surface area contributed by atoms with Crippen LogP contribution >= 0.6 is 15.9 Å². The summed E-state index contributed by atoms with van der Waals surface area (Å²) in [7, 11) is 0. The molecule has 7 heteroatoms. The van der Waals surface area contributed by atoms with E-state index in [2.05, 4.69) is 20.7 Å². The van der Waals surface area contributed by atoms with E-state index < -0.39 is 12.1 Å². The van der Waals surface area contributed by atoms with Crippen molar-refractivity contribution in [3.05, 3.63) is 22.2 Å². The predicted octanol–water partition coefficient (Wildman–Crippen LogP) is 2.74. The van der Waals surface area contributed by atoms with Crippen LogP contribution < -0.4 is 10.5 Å². The number of carbonyl (C=O) groups is 1. The molecule has 0 aliphatic carbocycles. The lowest BCUT2D eigenvalue weighted by atomic mass is 10.2. The fourth-order valence-electron chi connectivity index (χ4n) is 0.947. The Morgan fingerprint density at radius 1 is 1.40 bits per heavy atom. The minimum atomic E-state index is -4.85. The molecular formula is C8H5BrF3NO2. The van der Waals surface area contributed by atoms with E-state index in [9.17, 15) is 18.0 Å². The first-order valence-corrected chi connectivity index (χ1v) is 4.42. The molecule has 0 aromatic heterocycles. The number of hydrogen-bond donors (Lipinski definition) is 1. The minimum Gasteiger partial charge on any atom is -0.404 e. The van der Waals surface area contributed by atoms with Gasteiger partial charge in [0, 0.05) is 5.69 Å². The average Bonchev–Trinajstić information content (AvgIpc) is 2.07. The molecule has 0 heterocycles. The molecule has 0 amide bonds. The molecule has 0 aliphatic rings. The summed E-state index contributed by atoms with van der Waals surface area (Å²) in [6.45, 7) is 0. The van der Waals surface area contributed by atoms with Gasteiger partial charge in [0.25, 0.3) is 0 Å². The number of carbonyl (C=O) groups excluding carboxylic acids is 1. The number of hydrogen-bond acceptors (Lipinski definition) is 3. The lowest BCUT2D eigenvalue weighted by Gasteiger charge is -2.12. The molecule has 3 nitrogen and oxygen atoms in total. The number of halogens is 4. The minimum absolute atomic E-state index is 0.0260. The normalized spacial score (nSPS) is 11.2. The van der Waals surface area contributed by atoms with Crippen molar-refractivity contribution >= 4 is 27.9 Å². The number of alkyl halides is 3. The van der Waals surface area contributed by atoms with Crippen LogP contribution in [0.5, 0.6) is 5.75 Å². The van der Waals surface area contributed by atoms with E-state index in [1.807, 2.05) is 0 Å². The molecular weight excluding hydrogens is 279 g/mol. The Balaban J connectivity index is 3.21. The number of ether oxygens (including phenoxy) is 1. The molecule has 0 saturated carbocycles. The van der Waals surface area contributed by atoms with Crippen molar-refractivity contribution in [2.45, 2.75) is 6.36 Å². The van der Waals surface area contributed by atoms with Gasteiger partial charge in [-0.1, -0.05) is 0 Å². The summed E-state index contributed by atoms with van der Waals surface area (Å²) >= 11 is 2.83. The van der Waals surface area contributed by atoms with Gasteiger partial charge in [-0.15, -0.1) is 13.2 Å². The van der Waals surface area contributed by atoms with Crippen LogP contribution in [0, 0.1) is 0 Å². The number of nitrogens with two attached hydrogens (primary N) is 1. The summed E-state index contributed by atoms with van der Waals surface area (Å²) in [5.74, 6) is -0.591. The van der Waals surface area contributed by atoms with Crippen LogP contribution in [0.2, 0.25) is 0 Å². The van der Waals surface area contributed by atoms with E-state index in [0.717, 1.165) is 6.07 Å². The molecule has 2 N–H and O–H groups in total. The Hall–Kier alpha value is -1.24. The van der Waals surface area contributed by atoms with E-state index in [1.54, 1.807) is 0 Å². The second-order valence-corrected chi connectivity index (χ2v) is 3.44. The van der Waals surface area contributed by atoms with Gasteiger partial charge in [0.15, 0.2) is 12.0 Å². The molecule has 82 valence electrons. The topological polar surface area (TPSA) is 52.3 Å². The molecule has 1 aromatic carbocycles. The van der Waals surface area contributed by atoms with Gasteiger partial charge in [0.05, 0.1) is 10.0 Å². The third-order valence-corrected chi connectivity index (χ3v) is 2.03. The van der Waals surface area contributed by atoms with Crippen LogP contribution in [-0.4, -0.2) is 12.6 Å². The zero-order valence-corrected chi connectivity index (χ0v) is 8.72. The molecule has 0 saturated heterocycles. The second-order valence-electron chi connectivity index (χ2n) is 2.59. The van der Waals surface area contributed by atoms with E-state index in [-0.39, 0.29) is 22.0 Å². The van der Waals surface area contributed by atoms with Crippen molar-refractivity contribution in [1.82, 2.24) is 0 Å². The summed E-state index contributed by atoms with van der Waals surface area (Å²) in [5, 5.41) is 0. The molecule has 0 radical (unpaired) electrons. The maximum Gasteiger partial charge on any atom is 0.573 e. The largest absolute Gasteiger partial charge is 0.573 e. The fourth-order valence-corrected chi connectivity index (χ4v) is 1.52. The molecule has 0 unspecified atom stereocenters. The zero-order chi connectivity index (χ0) is 11.6. The highest BCUT2D eigenvalue weighted by atomic mass is 79.9. The van der Waals surface area contributed by atoms with Gasteiger partial charge >= 0.3 is 6.36 Å². The maximum absolute atomic E-state index is 11.9. The first kappa shape index (κ1) is 11.8. The first-order valence-electron chi connectivity index (χ1n) is 3.63. The van der Waals surface area contributed by atoms with Gasteiger partial charge < -0.3 is 10.5 Å². The Morgan fingerprint density at radius 2 is 2.00 bits per heavy atom. The van der Waals surface area contributed by atoms with E-state index in [0.29, 0.717) is 0 Å². The lowest BCUT2D eigenvalue weighted by molar-refractivity contribution is -0.275. The van der Waals surface area contributed by atoms with Crippen LogP contribution in [0.3, 0.4) is 0 Å². The Labute approximate surface area is 91.1 Å². The summed E-state index contributed by atoms with van der Waals surface area (Å²) in [6.07, 6.45) is -4.61. The monoisotopic (exact) mass is 283 g/mol. The van der Waals surface area contributed by atoms with Crippen molar-refractivity contribution in [3.63, 3.8) is 0 Å². The quantitative estimate of drug-likeness (QED) is 0.671. The highest BCUT2D eigenvalue weighted by Gasteiger charge is 2.33. The summed E-state index contributed by atoms with van der Waals surface area (Å²) in [5.41, 5.74) is 5.24. The zero-order valence-electron chi connectivity index (χ0n) is 7.14. The molecule has 0 atom stereocenters. The number of aldehydes is 1. The first-order chi connectivity index (χ1) is 6.83. The van der Waals surface area contributed by atoms with E-state index in [1.165, 1.54) is 6.07 Å². The van der Waals surface area contributed by atoms with Crippen LogP contribution in [0.15, 0.2) is 16.6 Å². The maximum atomic E-state index is 11.9. The van der Waals surface area contributed by atoms with Gasteiger partial charge in [-0.05, 0) is 28.1 Å². The third-order valence-electron chi connectivity index (χ3n) is 1.44. The molecule has 1 rings (SSSR count). The summed E-state index contributed by atoms with van der Waals surface area (Å²) < 4.78 is 39.5. The van der Waals surface area contributed by atoms with Crippen LogP contribution in [0.25, 0.3) is 0 Å². The van der Waals surface area contributed by atoms with Gasteiger partial charge in [-0.2, -0.15) is 0 Å². The van der Waals surface area contributed by atoms with E-state index in [4.69, 9.17) is 5.73 Å². The summed E-state index contributed by atoms with van der Waals surface area (Å²) in [4.78, 5) is 10.5. The number of rotatable bonds is 2. The highest BCUT2D eigenvalue weighted by Crippen LogP contribution is 2.34. The second kappa shape index (κ2) is 4.09. The Bertz CT molecular complexity index is 392. The molecule has 15 heavy (non-hydrogen) atoms. The van der Waals surface area contributed by atoms with Gasteiger partial charge in [0.2, 0.25) is 0 Å². The molecule has 0 bridgehead atoms. The van der Waals surface area contributed by atoms with Gasteiger partial charge in [0.1, 0.15) is 0 Å². The van der Waals surface area contributed by atoms with Crippen molar-refractivity contribution in [3.8, 4) is 5.75 Å². The number of benzene rings is 1. The lowest BCUT2D eigenvalue weighted by Crippen LogP contribution is -2.18. The summed E-state index contributed by atoms with van der Waals surface area (Å²) in [6, 6.07) is 2.31. The highest BCUT2D eigenvalue weighted by molar-refractivity contribution is 9.10. The molecule has 1 aromatic rings. The SMILES string of the molecule is Nc1cc(Br)c(OC(F)(F)F)c(C=O)c1. The smallest absolute Gasteiger partial charge is 0.404 e. The Kier molecular flexibility index (Phi) is 3.23. The van der Waals surface area contributed by atoms with Crippen LogP contribution in [0.1, 0.15) is 10.4 Å². The van der Waals surface area contributed by atoms with Crippen molar-refractivity contribution in [2.24, 2.45) is 0 Å². The Morgan fingerprint density at radius 3 is 2.47 bits per heavy atom.